The minimum absolute atomic E-state index is 0.0409. The van der Waals surface area contributed by atoms with Gasteiger partial charge in [-0.2, -0.15) is 0 Å². The molecular formula is C13H19BrN2O. The van der Waals surface area contributed by atoms with E-state index in [2.05, 4.69) is 40.0 Å². The first-order valence-electron chi connectivity index (χ1n) is 5.85. The van der Waals surface area contributed by atoms with Crippen LogP contribution in [0.3, 0.4) is 0 Å². The van der Waals surface area contributed by atoms with Gasteiger partial charge in [0, 0.05) is 10.2 Å². The fourth-order valence-corrected chi connectivity index (χ4v) is 2.08. The van der Waals surface area contributed by atoms with Gasteiger partial charge in [0.1, 0.15) is 0 Å². The van der Waals surface area contributed by atoms with E-state index >= 15 is 0 Å². The highest BCUT2D eigenvalue weighted by Crippen LogP contribution is 2.19. The molecule has 0 saturated carbocycles. The standard InChI is InChI=1S/C13H19BrN2O/c1-4-16(5-2)9-13(17)15-12-7-6-11(14)8-10(12)3/h6-8H,4-5,9H2,1-3H3,(H,15,17). The van der Waals surface area contributed by atoms with Gasteiger partial charge in [0.05, 0.1) is 6.54 Å². The van der Waals surface area contributed by atoms with Crippen molar-refractivity contribution in [2.45, 2.75) is 20.8 Å². The molecule has 17 heavy (non-hydrogen) atoms. The van der Waals surface area contributed by atoms with Crippen LogP contribution >= 0.6 is 15.9 Å². The Balaban J connectivity index is 2.62. The molecule has 0 heterocycles. The first-order valence-corrected chi connectivity index (χ1v) is 6.64. The van der Waals surface area contributed by atoms with Crippen LogP contribution in [0, 0.1) is 6.92 Å². The smallest absolute Gasteiger partial charge is 0.238 e. The molecule has 0 radical (unpaired) electrons. The number of carbonyl (C=O) groups excluding carboxylic acids is 1. The molecular weight excluding hydrogens is 280 g/mol. The van der Waals surface area contributed by atoms with Crippen molar-refractivity contribution in [2.24, 2.45) is 0 Å². The molecule has 0 saturated heterocycles. The summed E-state index contributed by atoms with van der Waals surface area (Å²) >= 11 is 3.40. The zero-order valence-electron chi connectivity index (χ0n) is 10.6. The van der Waals surface area contributed by atoms with E-state index in [-0.39, 0.29) is 5.91 Å². The van der Waals surface area contributed by atoms with Crippen molar-refractivity contribution in [3.63, 3.8) is 0 Å². The van der Waals surface area contributed by atoms with Gasteiger partial charge in [0.25, 0.3) is 0 Å². The van der Waals surface area contributed by atoms with Crippen molar-refractivity contribution in [2.75, 3.05) is 25.0 Å². The Hall–Kier alpha value is -0.870. The van der Waals surface area contributed by atoms with Gasteiger partial charge in [0.15, 0.2) is 0 Å². The van der Waals surface area contributed by atoms with E-state index in [0.29, 0.717) is 6.54 Å². The Morgan fingerprint density at radius 1 is 1.35 bits per heavy atom. The highest BCUT2D eigenvalue weighted by molar-refractivity contribution is 9.10. The second kappa shape index (κ2) is 6.77. The van der Waals surface area contributed by atoms with Crippen LogP contribution < -0.4 is 5.32 Å². The summed E-state index contributed by atoms with van der Waals surface area (Å²) < 4.78 is 1.02. The van der Waals surface area contributed by atoms with Crippen molar-refractivity contribution in [1.29, 1.82) is 0 Å². The molecule has 0 unspecified atom stereocenters. The summed E-state index contributed by atoms with van der Waals surface area (Å²) in [4.78, 5) is 13.9. The number of halogens is 1. The number of carbonyl (C=O) groups is 1. The predicted molar refractivity (Wildman–Crippen MR) is 75.3 cm³/mol. The zero-order valence-corrected chi connectivity index (χ0v) is 12.2. The molecule has 3 nitrogen and oxygen atoms in total. The van der Waals surface area contributed by atoms with Crippen LogP contribution in [0.5, 0.6) is 0 Å². The minimum Gasteiger partial charge on any atom is -0.325 e. The Morgan fingerprint density at radius 2 is 2.00 bits per heavy atom. The molecule has 1 aromatic carbocycles. The number of nitrogens with one attached hydrogen (secondary N) is 1. The molecule has 1 amide bonds. The first kappa shape index (κ1) is 14.2. The Bertz CT molecular complexity index is 389. The zero-order chi connectivity index (χ0) is 12.8. The predicted octanol–water partition coefficient (Wildman–Crippen LogP) is 3.04. The number of rotatable bonds is 5. The highest BCUT2D eigenvalue weighted by Gasteiger charge is 2.08. The summed E-state index contributed by atoms with van der Waals surface area (Å²) in [5, 5.41) is 2.94. The SMILES string of the molecule is CCN(CC)CC(=O)Nc1ccc(Br)cc1C. The summed E-state index contributed by atoms with van der Waals surface area (Å²) in [6.07, 6.45) is 0. The summed E-state index contributed by atoms with van der Waals surface area (Å²) in [5.74, 6) is 0.0409. The van der Waals surface area contributed by atoms with Crippen molar-refractivity contribution < 1.29 is 4.79 Å². The molecule has 4 heteroatoms. The average Bonchev–Trinajstić information content (AvgIpc) is 2.29. The molecule has 0 aliphatic heterocycles. The largest absolute Gasteiger partial charge is 0.325 e. The van der Waals surface area contributed by atoms with E-state index in [9.17, 15) is 4.79 Å². The second-order valence-corrected chi connectivity index (χ2v) is 4.88. The number of likely N-dealkylation sites (N-methyl/N-ethyl adjacent to an activating group) is 1. The first-order chi connectivity index (χ1) is 8.06. The van der Waals surface area contributed by atoms with E-state index < -0.39 is 0 Å². The molecule has 0 spiro atoms. The van der Waals surface area contributed by atoms with E-state index in [0.717, 1.165) is 28.8 Å². The Labute approximate surface area is 111 Å². The summed E-state index contributed by atoms with van der Waals surface area (Å²) in [6, 6.07) is 5.84. The lowest BCUT2D eigenvalue weighted by atomic mass is 10.2. The molecule has 0 aromatic heterocycles. The van der Waals surface area contributed by atoms with Gasteiger partial charge in [-0.15, -0.1) is 0 Å². The number of nitrogens with zero attached hydrogens (tertiary/aromatic N) is 1. The quantitative estimate of drug-likeness (QED) is 0.906. The number of hydrogen-bond donors (Lipinski definition) is 1. The summed E-state index contributed by atoms with van der Waals surface area (Å²) in [6.45, 7) is 8.33. The fourth-order valence-electron chi connectivity index (χ4n) is 1.61. The number of amides is 1. The van der Waals surface area contributed by atoms with Crippen LogP contribution in [0.25, 0.3) is 0 Å². The maximum absolute atomic E-state index is 11.8. The maximum atomic E-state index is 11.8. The third-order valence-electron chi connectivity index (χ3n) is 2.72. The van der Waals surface area contributed by atoms with Gasteiger partial charge in [-0.05, 0) is 43.8 Å². The molecule has 1 aromatic rings. The molecule has 1 rings (SSSR count). The molecule has 94 valence electrons. The van der Waals surface area contributed by atoms with Crippen LogP contribution in [0.15, 0.2) is 22.7 Å². The number of aryl methyl sites for hydroxylation is 1. The van der Waals surface area contributed by atoms with Crippen molar-refractivity contribution in [1.82, 2.24) is 4.90 Å². The topological polar surface area (TPSA) is 32.3 Å². The molecule has 0 aliphatic rings. The number of anilines is 1. The Morgan fingerprint density at radius 3 is 2.53 bits per heavy atom. The van der Waals surface area contributed by atoms with Crippen molar-refractivity contribution in [3.8, 4) is 0 Å². The van der Waals surface area contributed by atoms with Crippen LogP contribution in [0.2, 0.25) is 0 Å². The van der Waals surface area contributed by atoms with Crippen molar-refractivity contribution >= 4 is 27.5 Å². The Kier molecular flexibility index (Phi) is 5.65. The van der Waals surface area contributed by atoms with E-state index in [4.69, 9.17) is 0 Å². The van der Waals surface area contributed by atoms with Gasteiger partial charge in [-0.3, -0.25) is 9.69 Å². The molecule has 0 fully saturated rings. The third kappa shape index (κ3) is 4.48. The van der Waals surface area contributed by atoms with Gasteiger partial charge >= 0.3 is 0 Å². The van der Waals surface area contributed by atoms with Gasteiger partial charge < -0.3 is 5.32 Å². The minimum atomic E-state index is 0.0409. The molecule has 0 atom stereocenters. The van der Waals surface area contributed by atoms with E-state index in [1.54, 1.807) is 0 Å². The summed E-state index contributed by atoms with van der Waals surface area (Å²) in [5.41, 5.74) is 1.94. The van der Waals surface area contributed by atoms with Gasteiger partial charge in [-0.1, -0.05) is 29.8 Å². The molecule has 0 bridgehead atoms. The fraction of sp³-hybridized carbons (Fsp3) is 0.462. The van der Waals surface area contributed by atoms with Crippen LogP contribution in [-0.2, 0) is 4.79 Å². The van der Waals surface area contributed by atoms with Crippen LogP contribution in [-0.4, -0.2) is 30.4 Å². The highest BCUT2D eigenvalue weighted by atomic mass is 79.9. The lowest BCUT2D eigenvalue weighted by Crippen LogP contribution is -2.33. The monoisotopic (exact) mass is 298 g/mol. The van der Waals surface area contributed by atoms with E-state index in [1.807, 2.05) is 25.1 Å². The molecule has 0 aliphatic carbocycles. The number of hydrogen-bond acceptors (Lipinski definition) is 2. The number of benzene rings is 1. The van der Waals surface area contributed by atoms with Crippen molar-refractivity contribution in [3.05, 3.63) is 28.2 Å². The van der Waals surface area contributed by atoms with Gasteiger partial charge in [-0.25, -0.2) is 0 Å². The third-order valence-corrected chi connectivity index (χ3v) is 3.22. The second-order valence-electron chi connectivity index (χ2n) is 3.97. The maximum Gasteiger partial charge on any atom is 0.238 e. The normalized spacial score (nSPS) is 10.6. The lowest BCUT2D eigenvalue weighted by molar-refractivity contribution is -0.117. The average molecular weight is 299 g/mol. The van der Waals surface area contributed by atoms with Crippen LogP contribution in [0.1, 0.15) is 19.4 Å². The van der Waals surface area contributed by atoms with Crippen LogP contribution in [0.4, 0.5) is 5.69 Å². The lowest BCUT2D eigenvalue weighted by Gasteiger charge is -2.17. The summed E-state index contributed by atoms with van der Waals surface area (Å²) in [7, 11) is 0. The molecule has 1 N–H and O–H groups in total. The van der Waals surface area contributed by atoms with Gasteiger partial charge in [0.2, 0.25) is 5.91 Å². The van der Waals surface area contributed by atoms with E-state index in [1.165, 1.54) is 0 Å².